The maximum absolute atomic E-state index is 5.20. The van der Waals surface area contributed by atoms with E-state index in [9.17, 15) is 0 Å². The number of nitrogens with one attached hydrogen (secondary N) is 1. The van der Waals surface area contributed by atoms with Gasteiger partial charge in [-0.05, 0) is 6.92 Å². The summed E-state index contributed by atoms with van der Waals surface area (Å²) in [6.07, 6.45) is 3.45. The highest BCUT2D eigenvalue weighted by molar-refractivity contribution is 5.44. The van der Waals surface area contributed by atoms with Gasteiger partial charge in [-0.1, -0.05) is 0 Å². The lowest BCUT2D eigenvalue weighted by Crippen LogP contribution is -2.39. The highest BCUT2D eigenvalue weighted by atomic mass is 16.5. The summed E-state index contributed by atoms with van der Waals surface area (Å²) in [5, 5.41) is 2.99. The average molecular weight is 254 g/mol. The van der Waals surface area contributed by atoms with Gasteiger partial charge in [0, 0.05) is 27.8 Å². The maximum Gasteiger partial charge on any atom is 0.149 e. The van der Waals surface area contributed by atoms with Crippen LogP contribution in [0.1, 0.15) is 6.92 Å². The molecule has 0 aliphatic carbocycles. The molecule has 1 unspecified atom stereocenters. The quantitative estimate of drug-likeness (QED) is 0.747. The summed E-state index contributed by atoms with van der Waals surface area (Å²) in [4.78, 5) is 10.8. The topological polar surface area (TPSA) is 59.5 Å². The summed E-state index contributed by atoms with van der Waals surface area (Å²) < 4.78 is 10.3. The lowest BCUT2D eigenvalue weighted by molar-refractivity contribution is 0.170. The first kappa shape index (κ1) is 14.7. The second-order valence-corrected chi connectivity index (χ2v) is 4.00. The van der Waals surface area contributed by atoms with Crippen LogP contribution >= 0.6 is 0 Å². The number of anilines is 2. The predicted molar refractivity (Wildman–Crippen MR) is 72.1 cm³/mol. The minimum Gasteiger partial charge on any atom is -0.383 e. The molecule has 0 radical (unpaired) electrons. The normalized spacial score (nSPS) is 12.2. The molecule has 0 saturated heterocycles. The zero-order chi connectivity index (χ0) is 13.4. The van der Waals surface area contributed by atoms with Crippen LogP contribution in [0.2, 0.25) is 0 Å². The number of methoxy groups -OCH3 is 2. The fourth-order valence-electron chi connectivity index (χ4n) is 1.70. The summed E-state index contributed by atoms with van der Waals surface area (Å²) in [5.41, 5.74) is 0. The van der Waals surface area contributed by atoms with Crippen LogP contribution in [0, 0.1) is 0 Å². The molecule has 0 fully saturated rings. The van der Waals surface area contributed by atoms with E-state index in [1.807, 2.05) is 7.05 Å². The summed E-state index contributed by atoms with van der Waals surface area (Å²) in [6, 6.07) is 0.214. The van der Waals surface area contributed by atoms with E-state index < -0.39 is 0 Å². The van der Waals surface area contributed by atoms with Crippen LogP contribution in [0.4, 0.5) is 11.6 Å². The fourth-order valence-corrected chi connectivity index (χ4v) is 1.70. The third kappa shape index (κ3) is 4.12. The Hall–Kier alpha value is -1.40. The van der Waals surface area contributed by atoms with Crippen molar-refractivity contribution in [3.8, 4) is 0 Å². The maximum atomic E-state index is 5.20. The van der Waals surface area contributed by atoms with E-state index in [1.165, 1.54) is 0 Å². The van der Waals surface area contributed by atoms with Gasteiger partial charge in [0.2, 0.25) is 0 Å². The van der Waals surface area contributed by atoms with Crippen LogP contribution < -0.4 is 10.2 Å². The molecule has 0 saturated carbocycles. The smallest absolute Gasteiger partial charge is 0.149 e. The third-order valence-corrected chi connectivity index (χ3v) is 2.65. The van der Waals surface area contributed by atoms with E-state index in [-0.39, 0.29) is 6.04 Å². The first-order valence-electron chi connectivity index (χ1n) is 5.97. The Kier molecular flexibility index (Phi) is 6.38. The summed E-state index contributed by atoms with van der Waals surface area (Å²) in [5.74, 6) is 1.57. The molecule has 0 spiro atoms. The molecule has 1 rings (SSSR count). The summed E-state index contributed by atoms with van der Waals surface area (Å²) in [7, 11) is 5.21. The first-order chi connectivity index (χ1) is 8.72. The molecule has 1 N–H and O–H groups in total. The largest absolute Gasteiger partial charge is 0.383 e. The van der Waals surface area contributed by atoms with Crippen molar-refractivity contribution in [3.63, 3.8) is 0 Å². The minimum absolute atomic E-state index is 0.214. The van der Waals surface area contributed by atoms with Crippen LogP contribution in [0.3, 0.4) is 0 Å². The van der Waals surface area contributed by atoms with Crippen molar-refractivity contribution in [2.45, 2.75) is 13.0 Å². The number of hydrogen-bond acceptors (Lipinski definition) is 6. The standard InChI is InChI=1S/C12H22N4O2/c1-10(9-18-4)16(5-6-17-3)12-8-14-7-11(13-2)15-12/h7-8,10H,5-6,9H2,1-4H3,(H,13,15). The van der Waals surface area contributed by atoms with Crippen molar-refractivity contribution in [3.05, 3.63) is 12.4 Å². The first-order valence-corrected chi connectivity index (χ1v) is 5.97. The van der Waals surface area contributed by atoms with Crippen molar-refractivity contribution < 1.29 is 9.47 Å². The Morgan fingerprint density at radius 2 is 2.11 bits per heavy atom. The van der Waals surface area contributed by atoms with Gasteiger partial charge in [-0.2, -0.15) is 0 Å². The number of rotatable bonds is 8. The van der Waals surface area contributed by atoms with Crippen molar-refractivity contribution >= 4 is 11.6 Å². The van der Waals surface area contributed by atoms with Gasteiger partial charge in [-0.15, -0.1) is 0 Å². The molecular formula is C12H22N4O2. The van der Waals surface area contributed by atoms with Crippen molar-refractivity contribution in [1.82, 2.24) is 9.97 Å². The Morgan fingerprint density at radius 3 is 2.72 bits per heavy atom. The SMILES string of the molecule is CNc1cncc(N(CCOC)C(C)COC)n1. The second kappa shape index (κ2) is 7.84. The van der Waals surface area contributed by atoms with Gasteiger partial charge in [-0.25, -0.2) is 4.98 Å². The second-order valence-electron chi connectivity index (χ2n) is 4.00. The molecule has 18 heavy (non-hydrogen) atoms. The molecule has 1 atom stereocenters. The monoisotopic (exact) mass is 254 g/mol. The Labute approximate surface area is 108 Å². The van der Waals surface area contributed by atoms with E-state index in [4.69, 9.17) is 9.47 Å². The van der Waals surface area contributed by atoms with Gasteiger partial charge < -0.3 is 19.7 Å². The third-order valence-electron chi connectivity index (χ3n) is 2.65. The number of nitrogens with zero attached hydrogens (tertiary/aromatic N) is 3. The van der Waals surface area contributed by atoms with Crippen LogP contribution in [-0.2, 0) is 9.47 Å². The molecular weight excluding hydrogens is 232 g/mol. The highest BCUT2D eigenvalue weighted by Gasteiger charge is 2.16. The fraction of sp³-hybridized carbons (Fsp3) is 0.667. The van der Waals surface area contributed by atoms with Gasteiger partial charge in [0.1, 0.15) is 11.6 Å². The summed E-state index contributed by atoms with van der Waals surface area (Å²) in [6.45, 7) is 4.12. The minimum atomic E-state index is 0.214. The zero-order valence-corrected chi connectivity index (χ0v) is 11.5. The van der Waals surface area contributed by atoms with Gasteiger partial charge in [0.25, 0.3) is 0 Å². The van der Waals surface area contributed by atoms with Crippen LogP contribution in [0.25, 0.3) is 0 Å². The lowest BCUT2D eigenvalue weighted by Gasteiger charge is -2.29. The van der Waals surface area contributed by atoms with Gasteiger partial charge in [-0.3, -0.25) is 4.98 Å². The van der Waals surface area contributed by atoms with Gasteiger partial charge in [0.15, 0.2) is 0 Å². The summed E-state index contributed by atoms with van der Waals surface area (Å²) >= 11 is 0. The average Bonchev–Trinajstić information content (AvgIpc) is 2.40. The number of ether oxygens (including phenoxy) is 2. The molecule has 0 aliphatic heterocycles. The van der Waals surface area contributed by atoms with Crippen LogP contribution in [0.15, 0.2) is 12.4 Å². The lowest BCUT2D eigenvalue weighted by atomic mass is 10.3. The Balaban J connectivity index is 2.85. The molecule has 102 valence electrons. The van der Waals surface area contributed by atoms with Crippen LogP contribution in [-0.4, -0.2) is 57.0 Å². The number of hydrogen-bond donors (Lipinski definition) is 1. The molecule has 1 aromatic rings. The molecule has 1 aromatic heterocycles. The Bertz CT molecular complexity index is 349. The molecule has 6 nitrogen and oxygen atoms in total. The molecule has 0 aromatic carbocycles. The van der Waals surface area contributed by atoms with E-state index in [1.54, 1.807) is 26.6 Å². The zero-order valence-electron chi connectivity index (χ0n) is 11.5. The van der Waals surface area contributed by atoms with Crippen LogP contribution in [0.5, 0.6) is 0 Å². The van der Waals surface area contributed by atoms with E-state index in [0.717, 1.165) is 18.2 Å². The molecule has 0 bridgehead atoms. The molecule has 0 aliphatic rings. The van der Waals surface area contributed by atoms with E-state index >= 15 is 0 Å². The molecule has 1 heterocycles. The number of aromatic nitrogens is 2. The Morgan fingerprint density at radius 1 is 1.33 bits per heavy atom. The van der Waals surface area contributed by atoms with Crippen molar-refractivity contribution in [1.29, 1.82) is 0 Å². The van der Waals surface area contributed by atoms with Crippen molar-refractivity contribution in [2.75, 3.05) is 51.2 Å². The van der Waals surface area contributed by atoms with E-state index in [0.29, 0.717) is 13.2 Å². The van der Waals surface area contributed by atoms with Gasteiger partial charge in [0.05, 0.1) is 31.6 Å². The predicted octanol–water partition coefficient (Wildman–Crippen LogP) is 1.01. The molecule has 6 heteroatoms. The van der Waals surface area contributed by atoms with Crippen molar-refractivity contribution in [2.24, 2.45) is 0 Å². The molecule has 0 amide bonds. The van der Waals surface area contributed by atoms with E-state index in [2.05, 4.69) is 27.1 Å². The highest BCUT2D eigenvalue weighted by Crippen LogP contribution is 2.15. The van der Waals surface area contributed by atoms with Gasteiger partial charge >= 0.3 is 0 Å².